The molecule has 0 heterocycles. The van der Waals surface area contributed by atoms with E-state index in [1.54, 1.807) is 0 Å². The number of halogens is 1. The summed E-state index contributed by atoms with van der Waals surface area (Å²) in [7, 11) is 0. The van der Waals surface area contributed by atoms with Crippen LogP contribution in [0.1, 0.15) is 39.0 Å². The standard InChI is InChI=1S/C16H23BrN2O/c1-2-12-5-3-7-14(9-12)18-11-16(20)19-15-8-4-6-13(17)10-15/h4,6,8,10,12,14,18H,2-3,5,7,9,11H2,1H3,(H,19,20). The maximum atomic E-state index is 11.9. The normalized spacial score (nSPS) is 22.5. The predicted molar refractivity (Wildman–Crippen MR) is 86.8 cm³/mol. The average molecular weight is 339 g/mol. The van der Waals surface area contributed by atoms with Crippen LogP contribution >= 0.6 is 15.9 Å². The zero-order valence-electron chi connectivity index (χ0n) is 12.0. The molecule has 110 valence electrons. The quantitative estimate of drug-likeness (QED) is 0.853. The van der Waals surface area contributed by atoms with Crippen molar-refractivity contribution in [2.45, 2.75) is 45.1 Å². The molecule has 2 rings (SSSR count). The van der Waals surface area contributed by atoms with Crippen LogP contribution in [0.4, 0.5) is 5.69 Å². The molecule has 2 unspecified atom stereocenters. The fraction of sp³-hybridized carbons (Fsp3) is 0.562. The van der Waals surface area contributed by atoms with Crippen molar-refractivity contribution in [3.63, 3.8) is 0 Å². The molecule has 2 N–H and O–H groups in total. The summed E-state index contributed by atoms with van der Waals surface area (Å²) >= 11 is 3.40. The molecule has 20 heavy (non-hydrogen) atoms. The minimum atomic E-state index is 0.0294. The molecular weight excluding hydrogens is 316 g/mol. The van der Waals surface area contributed by atoms with Gasteiger partial charge in [-0.2, -0.15) is 0 Å². The van der Waals surface area contributed by atoms with Gasteiger partial charge in [0.2, 0.25) is 5.91 Å². The molecule has 2 atom stereocenters. The molecule has 1 amide bonds. The third kappa shape index (κ3) is 4.91. The van der Waals surface area contributed by atoms with E-state index in [0.29, 0.717) is 12.6 Å². The van der Waals surface area contributed by atoms with Crippen LogP contribution in [0.25, 0.3) is 0 Å². The molecule has 0 aromatic heterocycles. The molecule has 3 nitrogen and oxygen atoms in total. The van der Waals surface area contributed by atoms with Gasteiger partial charge in [0.1, 0.15) is 0 Å². The topological polar surface area (TPSA) is 41.1 Å². The Morgan fingerprint density at radius 2 is 2.25 bits per heavy atom. The van der Waals surface area contributed by atoms with Crippen LogP contribution in [0, 0.1) is 5.92 Å². The molecule has 0 radical (unpaired) electrons. The number of amides is 1. The smallest absolute Gasteiger partial charge is 0.238 e. The Hall–Kier alpha value is -0.870. The first-order valence-corrected chi connectivity index (χ1v) is 8.25. The maximum Gasteiger partial charge on any atom is 0.238 e. The van der Waals surface area contributed by atoms with Gasteiger partial charge >= 0.3 is 0 Å². The fourth-order valence-corrected chi connectivity index (χ4v) is 3.25. The summed E-state index contributed by atoms with van der Waals surface area (Å²) in [6.45, 7) is 2.65. The second-order valence-corrected chi connectivity index (χ2v) is 6.49. The number of carbonyl (C=O) groups excluding carboxylic acids is 1. The van der Waals surface area contributed by atoms with Crippen molar-refractivity contribution < 1.29 is 4.79 Å². The van der Waals surface area contributed by atoms with Gasteiger partial charge in [-0.25, -0.2) is 0 Å². The molecule has 1 fully saturated rings. The van der Waals surface area contributed by atoms with Gasteiger partial charge in [0, 0.05) is 16.2 Å². The van der Waals surface area contributed by atoms with Crippen molar-refractivity contribution in [3.8, 4) is 0 Å². The van der Waals surface area contributed by atoms with Crippen LogP contribution in [-0.4, -0.2) is 18.5 Å². The van der Waals surface area contributed by atoms with Gasteiger partial charge in [-0.1, -0.05) is 48.2 Å². The Balaban J connectivity index is 1.75. The highest BCUT2D eigenvalue weighted by molar-refractivity contribution is 9.10. The van der Waals surface area contributed by atoms with E-state index in [1.807, 2.05) is 24.3 Å². The third-order valence-corrected chi connectivity index (χ3v) is 4.51. The molecule has 1 saturated carbocycles. The maximum absolute atomic E-state index is 11.9. The molecule has 1 aromatic carbocycles. The van der Waals surface area contributed by atoms with E-state index in [9.17, 15) is 4.79 Å². The molecule has 0 aliphatic heterocycles. The highest BCUT2D eigenvalue weighted by Gasteiger charge is 2.20. The summed E-state index contributed by atoms with van der Waals surface area (Å²) in [5.41, 5.74) is 0.834. The lowest BCUT2D eigenvalue weighted by atomic mass is 9.84. The Labute approximate surface area is 129 Å². The molecule has 0 spiro atoms. The van der Waals surface area contributed by atoms with Crippen LogP contribution in [-0.2, 0) is 4.79 Å². The average Bonchev–Trinajstić information content (AvgIpc) is 2.45. The van der Waals surface area contributed by atoms with Gasteiger partial charge in [-0.05, 0) is 37.0 Å². The summed E-state index contributed by atoms with van der Waals surface area (Å²) < 4.78 is 0.973. The van der Waals surface area contributed by atoms with Crippen LogP contribution < -0.4 is 10.6 Å². The van der Waals surface area contributed by atoms with Crippen molar-refractivity contribution in [3.05, 3.63) is 28.7 Å². The Bertz CT molecular complexity index is 450. The first-order valence-electron chi connectivity index (χ1n) is 7.46. The van der Waals surface area contributed by atoms with Gasteiger partial charge in [-0.3, -0.25) is 4.79 Å². The molecule has 0 saturated heterocycles. The number of anilines is 1. The first kappa shape index (κ1) is 15.5. The lowest BCUT2D eigenvalue weighted by molar-refractivity contribution is -0.115. The highest BCUT2D eigenvalue weighted by atomic mass is 79.9. The van der Waals surface area contributed by atoms with Gasteiger partial charge in [0.15, 0.2) is 0 Å². The van der Waals surface area contributed by atoms with E-state index in [4.69, 9.17) is 0 Å². The largest absolute Gasteiger partial charge is 0.325 e. The van der Waals surface area contributed by atoms with E-state index < -0.39 is 0 Å². The summed E-state index contributed by atoms with van der Waals surface area (Å²) in [6.07, 6.45) is 6.28. The number of hydrogen-bond acceptors (Lipinski definition) is 2. The monoisotopic (exact) mass is 338 g/mol. The summed E-state index contributed by atoms with van der Waals surface area (Å²) in [5, 5.41) is 6.31. The zero-order valence-corrected chi connectivity index (χ0v) is 13.6. The molecule has 4 heteroatoms. The first-order chi connectivity index (χ1) is 9.67. The van der Waals surface area contributed by atoms with E-state index in [-0.39, 0.29) is 5.91 Å². The molecule has 1 aliphatic carbocycles. The third-order valence-electron chi connectivity index (χ3n) is 4.02. The Morgan fingerprint density at radius 1 is 1.40 bits per heavy atom. The summed E-state index contributed by atoms with van der Waals surface area (Å²) in [4.78, 5) is 11.9. The highest BCUT2D eigenvalue weighted by Crippen LogP contribution is 2.26. The van der Waals surface area contributed by atoms with Crippen LogP contribution in [0.3, 0.4) is 0 Å². The molecule has 0 bridgehead atoms. The van der Waals surface area contributed by atoms with Crippen molar-refractivity contribution in [2.75, 3.05) is 11.9 Å². The minimum Gasteiger partial charge on any atom is -0.325 e. The second-order valence-electron chi connectivity index (χ2n) is 5.58. The predicted octanol–water partition coefficient (Wildman–Crippen LogP) is 3.95. The minimum absolute atomic E-state index is 0.0294. The molecule has 1 aliphatic rings. The van der Waals surface area contributed by atoms with E-state index >= 15 is 0 Å². The van der Waals surface area contributed by atoms with Gasteiger partial charge in [0.05, 0.1) is 6.54 Å². The van der Waals surface area contributed by atoms with Crippen molar-refractivity contribution >= 4 is 27.5 Å². The van der Waals surface area contributed by atoms with Crippen LogP contribution in [0.15, 0.2) is 28.7 Å². The SMILES string of the molecule is CCC1CCCC(NCC(=O)Nc2cccc(Br)c2)C1. The van der Waals surface area contributed by atoms with Gasteiger partial charge < -0.3 is 10.6 Å². The van der Waals surface area contributed by atoms with Gasteiger partial charge in [0.25, 0.3) is 0 Å². The lowest BCUT2D eigenvalue weighted by Gasteiger charge is -2.29. The fourth-order valence-electron chi connectivity index (χ4n) is 2.86. The number of benzene rings is 1. The van der Waals surface area contributed by atoms with E-state index in [1.165, 1.54) is 32.1 Å². The lowest BCUT2D eigenvalue weighted by Crippen LogP contribution is -2.39. The van der Waals surface area contributed by atoms with Crippen molar-refractivity contribution in [2.24, 2.45) is 5.92 Å². The van der Waals surface area contributed by atoms with Crippen molar-refractivity contribution in [1.82, 2.24) is 5.32 Å². The number of carbonyl (C=O) groups is 1. The molecular formula is C16H23BrN2O. The molecule has 1 aromatic rings. The van der Waals surface area contributed by atoms with Crippen LogP contribution in [0.2, 0.25) is 0 Å². The zero-order chi connectivity index (χ0) is 14.4. The summed E-state index contributed by atoms with van der Waals surface area (Å²) in [6, 6.07) is 8.17. The second kappa shape index (κ2) is 7.79. The van der Waals surface area contributed by atoms with E-state index in [2.05, 4.69) is 33.5 Å². The number of hydrogen-bond donors (Lipinski definition) is 2. The van der Waals surface area contributed by atoms with Crippen molar-refractivity contribution in [1.29, 1.82) is 0 Å². The number of rotatable bonds is 5. The van der Waals surface area contributed by atoms with Crippen LogP contribution in [0.5, 0.6) is 0 Å². The Morgan fingerprint density at radius 3 is 3.00 bits per heavy atom. The summed E-state index contributed by atoms with van der Waals surface area (Å²) in [5.74, 6) is 0.858. The Kier molecular flexibility index (Phi) is 6.05. The number of nitrogens with one attached hydrogen (secondary N) is 2. The van der Waals surface area contributed by atoms with Gasteiger partial charge in [-0.15, -0.1) is 0 Å². The van der Waals surface area contributed by atoms with E-state index in [0.717, 1.165) is 16.1 Å².